The van der Waals surface area contributed by atoms with Crippen molar-refractivity contribution < 1.29 is 14.3 Å². The topological polar surface area (TPSA) is 80.3 Å². The molecule has 3 rings (SSSR count). The zero-order valence-electron chi connectivity index (χ0n) is 11.3. The van der Waals surface area contributed by atoms with Crippen LogP contribution < -0.4 is 15.4 Å². The largest absolute Gasteiger partial charge is 0.464 e. The fourth-order valence-electron chi connectivity index (χ4n) is 1.98. The predicted octanol–water partition coefficient (Wildman–Crippen LogP) is 1.81. The highest BCUT2D eigenvalue weighted by molar-refractivity contribution is 6.18. The van der Waals surface area contributed by atoms with Crippen molar-refractivity contribution >= 4 is 23.3 Å². The van der Waals surface area contributed by atoms with Crippen LogP contribution in [0.4, 0.5) is 11.5 Å². The molecule has 0 bridgehead atoms. The maximum Gasteiger partial charge on any atom is 0.279 e. The van der Waals surface area contributed by atoms with Gasteiger partial charge in [-0.25, -0.2) is 4.98 Å². The molecule has 1 aliphatic heterocycles. The number of nitrogens with zero attached hydrogens (tertiary/aromatic N) is 1. The van der Waals surface area contributed by atoms with Gasteiger partial charge in [0.25, 0.3) is 17.4 Å². The summed E-state index contributed by atoms with van der Waals surface area (Å²) in [5.41, 5.74) is -1.05. The number of pyridine rings is 1. The molecular weight excluding hydrogens is 270 g/mol. The number of nitrogens with one attached hydrogen (secondary N) is 2. The summed E-state index contributed by atoms with van der Waals surface area (Å²) in [7, 11) is 0. The number of ether oxygens (including phenoxy) is 1. The summed E-state index contributed by atoms with van der Waals surface area (Å²) in [6.07, 6.45) is 1.54. The zero-order chi connectivity index (χ0) is 14.9. The van der Waals surface area contributed by atoms with E-state index in [1.165, 1.54) is 13.1 Å². The second-order valence-electron chi connectivity index (χ2n) is 4.76. The number of rotatable bonds is 2. The molecule has 0 fully saturated rings. The Morgan fingerprint density at radius 2 is 2.00 bits per heavy atom. The Kier molecular flexibility index (Phi) is 3.06. The SMILES string of the molecule is CC1(C(=O)Nc2ccccc2)Oc2cccnc2NC1=O. The molecule has 21 heavy (non-hydrogen) atoms. The van der Waals surface area contributed by atoms with E-state index in [-0.39, 0.29) is 0 Å². The average Bonchev–Trinajstić information content (AvgIpc) is 2.49. The van der Waals surface area contributed by atoms with Crippen LogP contribution in [0.3, 0.4) is 0 Å². The van der Waals surface area contributed by atoms with Gasteiger partial charge in [-0.15, -0.1) is 0 Å². The minimum atomic E-state index is -1.65. The van der Waals surface area contributed by atoms with Crippen LogP contribution in [0.1, 0.15) is 6.92 Å². The van der Waals surface area contributed by atoms with Crippen molar-refractivity contribution in [2.45, 2.75) is 12.5 Å². The van der Waals surface area contributed by atoms with Crippen LogP contribution in [-0.2, 0) is 9.59 Å². The van der Waals surface area contributed by atoms with Crippen LogP contribution in [0, 0.1) is 0 Å². The number of fused-ring (bicyclic) bond motifs is 1. The molecule has 0 radical (unpaired) electrons. The number of benzene rings is 1. The lowest BCUT2D eigenvalue weighted by Crippen LogP contribution is -2.56. The molecule has 1 aromatic carbocycles. The monoisotopic (exact) mass is 283 g/mol. The standard InChI is InChI=1S/C15H13N3O3/c1-15(13(19)17-10-6-3-2-4-7-10)14(20)18-12-11(21-15)8-5-9-16-12/h2-9H,1H3,(H,17,19)(H,16,18,20). The summed E-state index contributed by atoms with van der Waals surface area (Å²) in [4.78, 5) is 28.6. The molecule has 2 amide bonds. The highest BCUT2D eigenvalue weighted by atomic mass is 16.5. The van der Waals surface area contributed by atoms with Crippen LogP contribution in [0.5, 0.6) is 5.75 Å². The fraction of sp³-hybridized carbons (Fsp3) is 0.133. The van der Waals surface area contributed by atoms with E-state index in [2.05, 4.69) is 15.6 Å². The molecule has 6 heteroatoms. The van der Waals surface area contributed by atoms with Crippen LogP contribution >= 0.6 is 0 Å². The number of hydrogen-bond donors (Lipinski definition) is 2. The van der Waals surface area contributed by atoms with Gasteiger partial charge in [0.2, 0.25) is 0 Å². The molecule has 6 nitrogen and oxygen atoms in total. The van der Waals surface area contributed by atoms with Gasteiger partial charge >= 0.3 is 0 Å². The molecule has 1 unspecified atom stereocenters. The van der Waals surface area contributed by atoms with Gasteiger partial charge in [-0.3, -0.25) is 9.59 Å². The Morgan fingerprint density at radius 1 is 1.24 bits per heavy atom. The Bertz CT molecular complexity index is 702. The lowest BCUT2D eigenvalue weighted by Gasteiger charge is -2.32. The molecule has 0 spiro atoms. The van der Waals surface area contributed by atoms with Gasteiger partial charge in [-0.05, 0) is 31.2 Å². The summed E-state index contributed by atoms with van der Waals surface area (Å²) in [5, 5.41) is 5.25. The normalized spacial score (nSPS) is 20.0. The van der Waals surface area contributed by atoms with Crippen LogP contribution in [0.2, 0.25) is 0 Å². The van der Waals surface area contributed by atoms with Gasteiger partial charge in [0.1, 0.15) is 0 Å². The third-order valence-electron chi connectivity index (χ3n) is 3.21. The van der Waals surface area contributed by atoms with E-state index in [1.54, 1.807) is 36.4 Å². The molecule has 1 aliphatic rings. The molecule has 0 saturated carbocycles. The lowest BCUT2D eigenvalue weighted by molar-refractivity contribution is -0.143. The van der Waals surface area contributed by atoms with Gasteiger partial charge in [-0.2, -0.15) is 0 Å². The van der Waals surface area contributed by atoms with Crippen molar-refractivity contribution in [1.82, 2.24) is 4.98 Å². The van der Waals surface area contributed by atoms with Crippen molar-refractivity contribution in [1.29, 1.82) is 0 Å². The molecule has 1 aromatic heterocycles. The molecule has 0 aliphatic carbocycles. The van der Waals surface area contributed by atoms with E-state index in [0.717, 1.165) is 0 Å². The highest BCUT2D eigenvalue weighted by Crippen LogP contribution is 2.32. The lowest BCUT2D eigenvalue weighted by atomic mass is 10.0. The third kappa shape index (κ3) is 2.31. The van der Waals surface area contributed by atoms with E-state index < -0.39 is 17.4 Å². The Balaban J connectivity index is 1.87. The first kappa shape index (κ1) is 13.1. The number of aromatic nitrogens is 1. The molecular formula is C15H13N3O3. The summed E-state index contributed by atoms with van der Waals surface area (Å²) >= 11 is 0. The van der Waals surface area contributed by atoms with Crippen molar-refractivity contribution in [2.75, 3.05) is 10.6 Å². The van der Waals surface area contributed by atoms with Gasteiger partial charge in [-0.1, -0.05) is 18.2 Å². The summed E-state index contributed by atoms with van der Waals surface area (Å²) in [6.45, 7) is 1.43. The summed E-state index contributed by atoms with van der Waals surface area (Å²) < 4.78 is 5.58. The summed E-state index contributed by atoms with van der Waals surface area (Å²) in [6, 6.07) is 12.2. The molecule has 106 valence electrons. The number of para-hydroxylation sites is 1. The average molecular weight is 283 g/mol. The first-order valence-electron chi connectivity index (χ1n) is 6.41. The van der Waals surface area contributed by atoms with Crippen molar-refractivity contribution in [2.24, 2.45) is 0 Å². The minimum Gasteiger partial charge on any atom is -0.464 e. The Hall–Kier alpha value is -2.89. The van der Waals surface area contributed by atoms with Gasteiger partial charge in [0.15, 0.2) is 11.6 Å². The van der Waals surface area contributed by atoms with E-state index in [0.29, 0.717) is 17.3 Å². The van der Waals surface area contributed by atoms with E-state index >= 15 is 0 Å². The van der Waals surface area contributed by atoms with Crippen molar-refractivity contribution in [3.8, 4) is 5.75 Å². The quantitative estimate of drug-likeness (QED) is 0.824. The maximum absolute atomic E-state index is 12.4. The van der Waals surface area contributed by atoms with E-state index in [9.17, 15) is 9.59 Å². The Labute approximate surface area is 121 Å². The molecule has 2 N–H and O–H groups in total. The number of carbonyl (C=O) groups is 2. The van der Waals surface area contributed by atoms with Crippen LogP contribution in [-0.4, -0.2) is 22.4 Å². The molecule has 1 atom stereocenters. The number of amides is 2. The van der Waals surface area contributed by atoms with Crippen LogP contribution in [0.15, 0.2) is 48.7 Å². The first-order chi connectivity index (χ1) is 10.1. The third-order valence-corrected chi connectivity index (χ3v) is 3.21. The molecule has 2 aromatic rings. The van der Waals surface area contributed by atoms with Gasteiger partial charge < -0.3 is 15.4 Å². The first-order valence-corrected chi connectivity index (χ1v) is 6.41. The smallest absolute Gasteiger partial charge is 0.279 e. The van der Waals surface area contributed by atoms with E-state index in [4.69, 9.17) is 4.74 Å². The minimum absolute atomic E-state index is 0.312. The second kappa shape index (κ2) is 4.90. The highest BCUT2D eigenvalue weighted by Gasteiger charge is 2.47. The number of hydrogen-bond acceptors (Lipinski definition) is 4. The number of anilines is 2. The molecule has 0 saturated heterocycles. The summed E-state index contributed by atoms with van der Waals surface area (Å²) in [5.74, 6) is -0.418. The van der Waals surface area contributed by atoms with Gasteiger partial charge in [0, 0.05) is 11.9 Å². The second-order valence-corrected chi connectivity index (χ2v) is 4.76. The van der Waals surface area contributed by atoms with E-state index in [1.807, 2.05) is 6.07 Å². The zero-order valence-corrected chi connectivity index (χ0v) is 11.3. The van der Waals surface area contributed by atoms with Crippen molar-refractivity contribution in [3.63, 3.8) is 0 Å². The fourth-order valence-corrected chi connectivity index (χ4v) is 1.98. The molecule has 2 heterocycles. The Morgan fingerprint density at radius 3 is 2.76 bits per heavy atom. The van der Waals surface area contributed by atoms with Crippen molar-refractivity contribution in [3.05, 3.63) is 48.7 Å². The van der Waals surface area contributed by atoms with Gasteiger partial charge in [0.05, 0.1) is 0 Å². The maximum atomic E-state index is 12.4. The van der Waals surface area contributed by atoms with Crippen LogP contribution in [0.25, 0.3) is 0 Å². The number of carbonyl (C=O) groups excluding carboxylic acids is 2. The predicted molar refractivity (Wildman–Crippen MR) is 77.0 cm³/mol.